The Morgan fingerprint density at radius 3 is 2.79 bits per heavy atom. The standard InChI is InChI=1S/C22H23N3O3/c1-15-5-3-6-17(13-15)20-23-21(28-24-20)18-7-4-12-25(14-18)22(26)16-8-10-19(27-2)11-9-16/h3,5-6,8-11,13,18H,4,7,12,14H2,1-2H3. The van der Waals surface area contributed by atoms with Crippen molar-refractivity contribution in [2.45, 2.75) is 25.7 Å². The van der Waals surface area contributed by atoms with Crippen molar-refractivity contribution >= 4 is 5.91 Å². The van der Waals surface area contributed by atoms with E-state index in [9.17, 15) is 4.79 Å². The molecule has 28 heavy (non-hydrogen) atoms. The smallest absolute Gasteiger partial charge is 0.253 e. The van der Waals surface area contributed by atoms with E-state index in [0.29, 0.717) is 23.8 Å². The van der Waals surface area contributed by atoms with Gasteiger partial charge in [0.2, 0.25) is 11.7 Å². The third kappa shape index (κ3) is 3.76. The van der Waals surface area contributed by atoms with Crippen LogP contribution in [0.2, 0.25) is 0 Å². The van der Waals surface area contributed by atoms with Crippen LogP contribution in [0.1, 0.15) is 40.6 Å². The van der Waals surface area contributed by atoms with Gasteiger partial charge in [-0.15, -0.1) is 0 Å². The van der Waals surface area contributed by atoms with Crippen LogP contribution in [0, 0.1) is 6.92 Å². The van der Waals surface area contributed by atoms with E-state index in [1.165, 1.54) is 0 Å². The largest absolute Gasteiger partial charge is 0.497 e. The van der Waals surface area contributed by atoms with Crippen LogP contribution in [-0.4, -0.2) is 41.1 Å². The number of aromatic nitrogens is 2. The molecule has 2 aromatic carbocycles. The first kappa shape index (κ1) is 18.2. The minimum absolute atomic E-state index is 0.0192. The van der Waals surface area contributed by atoms with E-state index >= 15 is 0 Å². The number of rotatable bonds is 4. The van der Waals surface area contributed by atoms with E-state index in [-0.39, 0.29) is 11.8 Å². The summed E-state index contributed by atoms with van der Waals surface area (Å²) < 4.78 is 10.7. The number of carbonyl (C=O) groups excluding carboxylic acids is 1. The summed E-state index contributed by atoms with van der Waals surface area (Å²) >= 11 is 0. The fraction of sp³-hybridized carbons (Fsp3) is 0.318. The number of amides is 1. The van der Waals surface area contributed by atoms with Crippen molar-refractivity contribution in [3.63, 3.8) is 0 Å². The number of piperidine rings is 1. The fourth-order valence-corrected chi connectivity index (χ4v) is 3.58. The minimum Gasteiger partial charge on any atom is -0.497 e. The lowest BCUT2D eigenvalue weighted by Crippen LogP contribution is -2.39. The number of methoxy groups -OCH3 is 1. The van der Waals surface area contributed by atoms with Crippen LogP contribution >= 0.6 is 0 Å². The van der Waals surface area contributed by atoms with E-state index in [4.69, 9.17) is 9.26 Å². The van der Waals surface area contributed by atoms with Gasteiger partial charge in [-0.25, -0.2) is 0 Å². The van der Waals surface area contributed by atoms with Gasteiger partial charge in [0.15, 0.2) is 0 Å². The first-order chi connectivity index (χ1) is 13.6. The lowest BCUT2D eigenvalue weighted by atomic mass is 9.97. The summed E-state index contributed by atoms with van der Waals surface area (Å²) in [5.41, 5.74) is 2.75. The Kier molecular flexibility index (Phi) is 5.10. The number of hydrogen-bond acceptors (Lipinski definition) is 5. The van der Waals surface area contributed by atoms with Crippen molar-refractivity contribution in [3.8, 4) is 17.1 Å². The molecule has 0 radical (unpaired) electrons. The van der Waals surface area contributed by atoms with Gasteiger partial charge in [0.1, 0.15) is 5.75 Å². The van der Waals surface area contributed by atoms with Gasteiger partial charge in [-0.05, 0) is 50.1 Å². The van der Waals surface area contributed by atoms with Crippen LogP contribution in [0.15, 0.2) is 53.1 Å². The average Bonchev–Trinajstić information content (AvgIpc) is 3.24. The van der Waals surface area contributed by atoms with E-state index in [1.807, 2.05) is 36.1 Å². The summed E-state index contributed by atoms with van der Waals surface area (Å²) in [7, 11) is 1.61. The maximum atomic E-state index is 12.9. The summed E-state index contributed by atoms with van der Waals surface area (Å²) in [5.74, 6) is 2.01. The molecule has 1 saturated heterocycles. The summed E-state index contributed by atoms with van der Waals surface area (Å²) in [6.07, 6.45) is 1.84. The molecular formula is C22H23N3O3. The number of likely N-dealkylation sites (tertiary alicyclic amines) is 1. The first-order valence-corrected chi connectivity index (χ1v) is 9.48. The van der Waals surface area contributed by atoms with Crippen LogP contribution in [0.25, 0.3) is 11.4 Å². The van der Waals surface area contributed by atoms with Crippen molar-refractivity contribution in [2.75, 3.05) is 20.2 Å². The van der Waals surface area contributed by atoms with Gasteiger partial charge in [0.25, 0.3) is 5.91 Å². The molecule has 1 aliphatic heterocycles. The molecular weight excluding hydrogens is 354 g/mol. The van der Waals surface area contributed by atoms with Gasteiger partial charge < -0.3 is 14.2 Å². The van der Waals surface area contributed by atoms with Crippen LogP contribution in [0.3, 0.4) is 0 Å². The van der Waals surface area contributed by atoms with Gasteiger partial charge >= 0.3 is 0 Å². The molecule has 6 heteroatoms. The Balaban J connectivity index is 1.48. The van der Waals surface area contributed by atoms with Crippen molar-refractivity contribution in [1.29, 1.82) is 0 Å². The molecule has 4 rings (SSSR count). The minimum atomic E-state index is 0.0192. The van der Waals surface area contributed by atoms with E-state index in [2.05, 4.69) is 10.1 Å². The Morgan fingerprint density at radius 1 is 1.21 bits per heavy atom. The van der Waals surface area contributed by atoms with Crippen molar-refractivity contribution in [3.05, 3.63) is 65.5 Å². The molecule has 1 atom stereocenters. The quantitative estimate of drug-likeness (QED) is 0.685. The van der Waals surface area contributed by atoms with Crippen LogP contribution in [-0.2, 0) is 0 Å². The molecule has 1 fully saturated rings. The third-order valence-electron chi connectivity index (χ3n) is 5.11. The monoisotopic (exact) mass is 377 g/mol. The van der Waals surface area contributed by atoms with Gasteiger partial charge in [0.05, 0.1) is 13.0 Å². The molecule has 1 aromatic heterocycles. The predicted molar refractivity (Wildman–Crippen MR) is 105 cm³/mol. The fourth-order valence-electron chi connectivity index (χ4n) is 3.58. The number of ether oxygens (including phenoxy) is 1. The second-order valence-electron chi connectivity index (χ2n) is 7.14. The number of carbonyl (C=O) groups is 1. The highest BCUT2D eigenvalue weighted by atomic mass is 16.5. The third-order valence-corrected chi connectivity index (χ3v) is 5.11. The van der Waals surface area contributed by atoms with Gasteiger partial charge in [-0.1, -0.05) is 28.9 Å². The topological polar surface area (TPSA) is 68.5 Å². The molecule has 1 unspecified atom stereocenters. The van der Waals surface area contributed by atoms with Gasteiger partial charge in [-0.2, -0.15) is 4.98 Å². The highest BCUT2D eigenvalue weighted by molar-refractivity contribution is 5.94. The molecule has 0 spiro atoms. The van der Waals surface area contributed by atoms with E-state index in [0.717, 1.165) is 36.3 Å². The maximum Gasteiger partial charge on any atom is 0.253 e. The average molecular weight is 377 g/mol. The zero-order valence-electron chi connectivity index (χ0n) is 16.1. The summed E-state index contributed by atoms with van der Waals surface area (Å²) in [6, 6.07) is 15.2. The summed E-state index contributed by atoms with van der Waals surface area (Å²) in [5, 5.41) is 4.15. The second-order valence-corrected chi connectivity index (χ2v) is 7.14. The molecule has 1 amide bonds. The predicted octanol–water partition coefficient (Wildman–Crippen LogP) is 4.07. The normalized spacial score (nSPS) is 16.8. The molecule has 0 N–H and O–H groups in total. The zero-order chi connectivity index (χ0) is 19.5. The number of nitrogens with zero attached hydrogens (tertiary/aromatic N) is 3. The maximum absolute atomic E-state index is 12.9. The molecule has 2 heterocycles. The van der Waals surface area contributed by atoms with E-state index in [1.54, 1.807) is 31.4 Å². The lowest BCUT2D eigenvalue weighted by molar-refractivity contribution is 0.0695. The Labute approximate surface area is 164 Å². The zero-order valence-corrected chi connectivity index (χ0v) is 16.1. The van der Waals surface area contributed by atoms with Crippen molar-refractivity contribution in [1.82, 2.24) is 15.0 Å². The molecule has 1 aliphatic rings. The van der Waals surface area contributed by atoms with Gasteiger partial charge in [0, 0.05) is 24.2 Å². The molecule has 0 aliphatic carbocycles. The van der Waals surface area contributed by atoms with Crippen molar-refractivity contribution in [2.24, 2.45) is 0 Å². The van der Waals surface area contributed by atoms with E-state index < -0.39 is 0 Å². The number of hydrogen-bond donors (Lipinski definition) is 0. The molecule has 0 bridgehead atoms. The highest BCUT2D eigenvalue weighted by Gasteiger charge is 2.29. The number of benzene rings is 2. The lowest BCUT2D eigenvalue weighted by Gasteiger charge is -2.31. The molecule has 144 valence electrons. The SMILES string of the molecule is COc1ccc(C(=O)N2CCCC(c3nc(-c4cccc(C)c4)no3)C2)cc1. The highest BCUT2D eigenvalue weighted by Crippen LogP contribution is 2.28. The van der Waals surface area contributed by atoms with Crippen LogP contribution in [0.5, 0.6) is 5.75 Å². The number of aryl methyl sites for hydroxylation is 1. The van der Waals surface area contributed by atoms with Crippen LogP contribution in [0.4, 0.5) is 0 Å². The Morgan fingerprint density at radius 2 is 2.04 bits per heavy atom. The molecule has 3 aromatic rings. The summed E-state index contributed by atoms with van der Waals surface area (Å²) in [4.78, 5) is 19.3. The summed E-state index contributed by atoms with van der Waals surface area (Å²) in [6.45, 7) is 3.36. The molecule has 0 saturated carbocycles. The molecule has 6 nitrogen and oxygen atoms in total. The Hall–Kier alpha value is -3.15. The first-order valence-electron chi connectivity index (χ1n) is 9.48. The van der Waals surface area contributed by atoms with Gasteiger partial charge in [-0.3, -0.25) is 4.79 Å². The Bertz CT molecular complexity index is 965. The van der Waals surface area contributed by atoms with Crippen LogP contribution < -0.4 is 4.74 Å². The second kappa shape index (κ2) is 7.84. The van der Waals surface area contributed by atoms with Crippen molar-refractivity contribution < 1.29 is 14.1 Å².